The normalized spacial score (nSPS) is 38.8. The predicted molar refractivity (Wildman–Crippen MR) is 68.6 cm³/mol. The number of hydrogen-bond donors (Lipinski definition) is 0. The quantitative estimate of drug-likeness (QED) is 0.696. The van der Waals surface area contributed by atoms with Crippen molar-refractivity contribution in [1.29, 1.82) is 0 Å². The lowest BCUT2D eigenvalue weighted by molar-refractivity contribution is -0.160. The largest absolute Gasteiger partial charge is 0.462 e. The molecule has 0 bridgehead atoms. The molecule has 1 saturated heterocycles. The van der Waals surface area contributed by atoms with Gasteiger partial charge < -0.3 is 4.74 Å². The molecule has 0 amide bonds. The molecule has 98 valence electrons. The third-order valence-corrected chi connectivity index (χ3v) is 4.64. The first-order chi connectivity index (χ1) is 8.15. The van der Waals surface area contributed by atoms with Gasteiger partial charge >= 0.3 is 5.97 Å². The molecular formula is C15H26O2. The second-order valence-electron chi connectivity index (χ2n) is 6.24. The molecule has 0 N–H and O–H groups in total. The monoisotopic (exact) mass is 238 g/mol. The number of esters is 1. The van der Waals surface area contributed by atoms with Gasteiger partial charge in [0, 0.05) is 0 Å². The molecule has 1 aliphatic carbocycles. The first-order valence-electron chi connectivity index (χ1n) is 7.35. The van der Waals surface area contributed by atoms with Crippen LogP contribution < -0.4 is 0 Å². The smallest absolute Gasteiger partial charge is 0.308 e. The van der Waals surface area contributed by atoms with Crippen molar-refractivity contribution < 1.29 is 9.53 Å². The zero-order valence-corrected chi connectivity index (χ0v) is 11.3. The standard InChI is InChI=1S/C15H26O2/c1-11-3-6-13(7-4-11)8-10-14-9-5-12(2)15(16)17-14/h11-14H,3-10H2,1-2H3. The molecule has 2 unspecified atom stereocenters. The summed E-state index contributed by atoms with van der Waals surface area (Å²) in [6, 6.07) is 0. The fourth-order valence-corrected chi connectivity index (χ4v) is 3.14. The third-order valence-electron chi connectivity index (χ3n) is 4.64. The van der Waals surface area contributed by atoms with Gasteiger partial charge in [0.05, 0.1) is 5.92 Å². The lowest BCUT2D eigenvalue weighted by atomic mass is 9.80. The Balaban J connectivity index is 1.66. The Bertz CT molecular complexity index is 254. The van der Waals surface area contributed by atoms with Gasteiger partial charge in [-0.25, -0.2) is 0 Å². The van der Waals surface area contributed by atoms with Crippen molar-refractivity contribution in [3.63, 3.8) is 0 Å². The minimum atomic E-state index is 0.0264. The molecule has 1 aliphatic heterocycles. The maximum atomic E-state index is 11.5. The molecule has 2 atom stereocenters. The van der Waals surface area contributed by atoms with Gasteiger partial charge in [-0.3, -0.25) is 4.79 Å². The molecule has 1 saturated carbocycles. The third kappa shape index (κ3) is 3.72. The van der Waals surface area contributed by atoms with E-state index in [1.165, 1.54) is 32.1 Å². The van der Waals surface area contributed by atoms with E-state index in [1.807, 2.05) is 6.92 Å². The van der Waals surface area contributed by atoms with E-state index in [1.54, 1.807) is 0 Å². The van der Waals surface area contributed by atoms with E-state index in [2.05, 4.69) is 6.92 Å². The van der Waals surface area contributed by atoms with Crippen molar-refractivity contribution in [2.75, 3.05) is 0 Å². The van der Waals surface area contributed by atoms with Crippen LogP contribution in [0.25, 0.3) is 0 Å². The van der Waals surface area contributed by atoms with E-state index in [4.69, 9.17) is 4.74 Å². The fourth-order valence-electron chi connectivity index (χ4n) is 3.14. The van der Waals surface area contributed by atoms with Crippen molar-refractivity contribution in [1.82, 2.24) is 0 Å². The molecule has 0 aromatic carbocycles. The van der Waals surface area contributed by atoms with Crippen LogP contribution in [0.2, 0.25) is 0 Å². The predicted octanol–water partition coefficient (Wildman–Crippen LogP) is 3.93. The Kier molecular flexibility index (Phi) is 4.47. The maximum Gasteiger partial charge on any atom is 0.308 e. The average molecular weight is 238 g/mol. The first-order valence-corrected chi connectivity index (χ1v) is 7.35. The van der Waals surface area contributed by atoms with Crippen molar-refractivity contribution in [2.24, 2.45) is 17.8 Å². The summed E-state index contributed by atoms with van der Waals surface area (Å²) >= 11 is 0. The van der Waals surface area contributed by atoms with E-state index in [9.17, 15) is 4.79 Å². The highest BCUT2D eigenvalue weighted by molar-refractivity contribution is 5.72. The zero-order chi connectivity index (χ0) is 12.3. The van der Waals surface area contributed by atoms with Gasteiger partial charge in [-0.05, 0) is 37.5 Å². The van der Waals surface area contributed by atoms with Crippen LogP contribution >= 0.6 is 0 Å². The van der Waals surface area contributed by atoms with E-state index in [0.717, 1.165) is 31.1 Å². The minimum absolute atomic E-state index is 0.0264. The Morgan fingerprint density at radius 3 is 2.35 bits per heavy atom. The van der Waals surface area contributed by atoms with E-state index >= 15 is 0 Å². The Labute approximate surface area is 105 Å². The molecule has 2 nitrogen and oxygen atoms in total. The minimum Gasteiger partial charge on any atom is -0.462 e. The first kappa shape index (κ1) is 12.9. The van der Waals surface area contributed by atoms with Crippen LogP contribution in [0.15, 0.2) is 0 Å². The molecular weight excluding hydrogens is 212 g/mol. The van der Waals surface area contributed by atoms with Gasteiger partial charge in [0.25, 0.3) is 0 Å². The highest BCUT2D eigenvalue weighted by Crippen LogP contribution is 2.33. The van der Waals surface area contributed by atoms with Crippen LogP contribution in [0.1, 0.15) is 65.2 Å². The average Bonchev–Trinajstić information content (AvgIpc) is 2.33. The molecule has 0 aromatic rings. The van der Waals surface area contributed by atoms with Gasteiger partial charge in [0.2, 0.25) is 0 Å². The highest BCUT2D eigenvalue weighted by atomic mass is 16.5. The summed E-state index contributed by atoms with van der Waals surface area (Å²) in [7, 11) is 0. The fraction of sp³-hybridized carbons (Fsp3) is 0.933. The number of carbonyl (C=O) groups is 1. The van der Waals surface area contributed by atoms with Gasteiger partial charge in [-0.1, -0.05) is 39.5 Å². The molecule has 2 heteroatoms. The molecule has 2 aliphatic rings. The van der Waals surface area contributed by atoms with Crippen LogP contribution in [0.5, 0.6) is 0 Å². The summed E-state index contributed by atoms with van der Waals surface area (Å²) < 4.78 is 5.47. The van der Waals surface area contributed by atoms with Gasteiger partial charge in [0.1, 0.15) is 6.10 Å². The van der Waals surface area contributed by atoms with Gasteiger partial charge in [-0.15, -0.1) is 0 Å². The number of hydrogen-bond acceptors (Lipinski definition) is 2. The Hall–Kier alpha value is -0.530. The summed E-state index contributed by atoms with van der Waals surface area (Å²) in [5.74, 6) is 1.98. The lowest BCUT2D eigenvalue weighted by Crippen LogP contribution is -2.30. The summed E-state index contributed by atoms with van der Waals surface area (Å²) in [5.41, 5.74) is 0. The van der Waals surface area contributed by atoms with E-state index in [0.29, 0.717) is 0 Å². The number of rotatable bonds is 3. The Morgan fingerprint density at radius 2 is 1.71 bits per heavy atom. The van der Waals surface area contributed by atoms with Crippen LogP contribution in [-0.2, 0) is 9.53 Å². The Morgan fingerprint density at radius 1 is 1.00 bits per heavy atom. The van der Waals surface area contributed by atoms with Crippen molar-refractivity contribution in [3.8, 4) is 0 Å². The van der Waals surface area contributed by atoms with Gasteiger partial charge in [0.15, 0.2) is 0 Å². The number of carbonyl (C=O) groups excluding carboxylic acids is 1. The highest BCUT2D eigenvalue weighted by Gasteiger charge is 2.27. The number of cyclic esters (lactones) is 1. The summed E-state index contributed by atoms with van der Waals surface area (Å²) in [6.07, 6.45) is 10.2. The molecule has 0 radical (unpaired) electrons. The van der Waals surface area contributed by atoms with Gasteiger partial charge in [-0.2, -0.15) is 0 Å². The van der Waals surface area contributed by atoms with Crippen LogP contribution in [-0.4, -0.2) is 12.1 Å². The summed E-state index contributed by atoms with van der Waals surface area (Å²) in [5, 5.41) is 0. The van der Waals surface area contributed by atoms with E-state index in [-0.39, 0.29) is 18.0 Å². The van der Waals surface area contributed by atoms with Crippen molar-refractivity contribution in [3.05, 3.63) is 0 Å². The molecule has 0 aromatic heterocycles. The molecule has 1 heterocycles. The van der Waals surface area contributed by atoms with E-state index < -0.39 is 0 Å². The topological polar surface area (TPSA) is 26.3 Å². The second-order valence-corrected chi connectivity index (χ2v) is 6.24. The molecule has 2 rings (SSSR count). The number of ether oxygens (including phenoxy) is 1. The van der Waals surface area contributed by atoms with Crippen LogP contribution in [0.4, 0.5) is 0 Å². The van der Waals surface area contributed by atoms with Crippen LogP contribution in [0, 0.1) is 17.8 Å². The zero-order valence-electron chi connectivity index (χ0n) is 11.3. The second kappa shape index (κ2) is 5.88. The lowest BCUT2D eigenvalue weighted by Gasteiger charge is -2.30. The van der Waals surface area contributed by atoms with Crippen LogP contribution in [0.3, 0.4) is 0 Å². The van der Waals surface area contributed by atoms with Crippen molar-refractivity contribution in [2.45, 2.75) is 71.3 Å². The summed E-state index contributed by atoms with van der Waals surface area (Å²) in [4.78, 5) is 11.5. The molecule has 2 fully saturated rings. The van der Waals surface area contributed by atoms with Crippen molar-refractivity contribution >= 4 is 5.97 Å². The molecule has 0 spiro atoms. The molecule has 17 heavy (non-hydrogen) atoms. The maximum absolute atomic E-state index is 11.5. The SMILES string of the molecule is CC1CCC(CCC2CCC(C)C(=O)O2)CC1. The summed E-state index contributed by atoms with van der Waals surface area (Å²) in [6.45, 7) is 4.33.